The molecule has 1 aromatic rings. The van der Waals surface area contributed by atoms with Crippen molar-refractivity contribution in [2.24, 2.45) is 0 Å². The number of carboxylic acids is 1. The van der Waals surface area contributed by atoms with E-state index in [-0.39, 0.29) is 0 Å². The molecule has 25 heavy (non-hydrogen) atoms. The van der Waals surface area contributed by atoms with E-state index in [1.807, 2.05) is 4.68 Å². The fourth-order valence-electron chi connectivity index (χ4n) is 4.85. The summed E-state index contributed by atoms with van der Waals surface area (Å²) in [6, 6.07) is 1.22. The van der Waals surface area contributed by atoms with Crippen LogP contribution in [0.25, 0.3) is 0 Å². The third-order valence-corrected chi connectivity index (χ3v) is 6.27. The second-order valence-corrected chi connectivity index (χ2v) is 7.90. The summed E-state index contributed by atoms with van der Waals surface area (Å²) >= 11 is 0. The molecule has 6 nitrogen and oxygen atoms in total. The molecule has 0 aromatic carbocycles. The summed E-state index contributed by atoms with van der Waals surface area (Å²) in [7, 11) is 0. The van der Waals surface area contributed by atoms with Crippen molar-refractivity contribution in [3.8, 4) is 0 Å². The van der Waals surface area contributed by atoms with Crippen molar-refractivity contribution < 1.29 is 9.90 Å². The molecule has 2 fully saturated rings. The molecule has 3 heterocycles. The Morgan fingerprint density at radius 3 is 2.60 bits per heavy atom. The average molecular weight is 346 g/mol. The van der Waals surface area contributed by atoms with Crippen LogP contribution in [0.1, 0.15) is 60.8 Å². The van der Waals surface area contributed by atoms with Gasteiger partial charge in [-0.2, -0.15) is 5.10 Å². The van der Waals surface area contributed by atoms with Crippen LogP contribution < -0.4 is 0 Å². The molecular weight excluding hydrogens is 316 g/mol. The van der Waals surface area contributed by atoms with Gasteiger partial charge in [0.05, 0.1) is 0 Å². The normalized spacial score (nSPS) is 25.6. The van der Waals surface area contributed by atoms with Crippen molar-refractivity contribution in [1.82, 2.24) is 19.6 Å². The molecule has 0 unspecified atom stereocenters. The lowest BCUT2D eigenvalue weighted by atomic mass is 9.87. The molecule has 0 bridgehead atoms. The van der Waals surface area contributed by atoms with Gasteiger partial charge in [-0.15, -0.1) is 0 Å². The lowest BCUT2D eigenvalue weighted by Crippen LogP contribution is -2.63. The highest BCUT2D eigenvalue weighted by molar-refractivity contribution is 5.87. The van der Waals surface area contributed by atoms with Gasteiger partial charge in [-0.05, 0) is 51.6 Å². The zero-order chi connectivity index (χ0) is 17.4. The van der Waals surface area contributed by atoms with Gasteiger partial charge in [-0.3, -0.25) is 14.5 Å². The SMILES string of the molecule is CCCn1nc(C(=O)O)c2c1CC[C@H](N1CC(N3CCCCC3)C1)C2. The highest BCUT2D eigenvalue weighted by Crippen LogP contribution is 2.31. The molecule has 0 spiro atoms. The van der Waals surface area contributed by atoms with Gasteiger partial charge < -0.3 is 5.11 Å². The smallest absolute Gasteiger partial charge is 0.356 e. The van der Waals surface area contributed by atoms with Crippen LogP contribution >= 0.6 is 0 Å². The van der Waals surface area contributed by atoms with Crippen LogP contribution in [-0.4, -0.2) is 68.9 Å². The highest BCUT2D eigenvalue weighted by atomic mass is 16.4. The highest BCUT2D eigenvalue weighted by Gasteiger charge is 2.39. The van der Waals surface area contributed by atoms with Crippen LogP contribution in [-0.2, 0) is 19.4 Å². The van der Waals surface area contributed by atoms with Crippen molar-refractivity contribution in [3.63, 3.8) is 0 Å². The summed E-state index contributed by atoms with van der Waals surface area (Å²) in [6.07, 6.45) is 8.02. The molecular formula is C19H30N4O2. The van der Waals surface area contributed by atoms with E-state index in [0.717, 1.165) is 56.9 Å². The summed E-state index contributed by atoms with van der Waals surface area (Å²) < 4.78 is 1.95. The summed E-state index contributed by atoms with van der Waals surface area (Å²) in [5.41, 5.74) is 2.46. The first-order valence-electron chi connectivity index (χ1n) is 9.97. The van der Waals surface area contributed by atoms with Gasteiger partial charge in [-0.25, -0.2) is 4.79 Å². The Balaban J connectivity index is 1.42. The lowest BCUT2D eigenvalue weighted by molar-refractivity contribution is -0.00704. The summed E-state index contributed by atoms with van der Waals surface area (Å²) in [4.78, 5) is 16.9. The number of carbonyl (C=O) groups is 1. The Morgan fingerprint density at radius 1 is 1.16 bits per heavy atom. The average Bonchev–Trinajstić information content (AvgIpc) is 2.93. The molecule has 0 saturated carbocycles. The number of likely N-dealkylation sites (tertiary alicyclic amines) is 2. The number of carboxylic acid groups (broad SMARTS) is 1. The van der Waals surface area contributed by atoms with Crippen molar-refractivity contribution >= 4 is 5.97 Å². The molecule has 1 aliphatic carbocycles. The maximum atomic E-state index is 11.6. The van der Waals surface area contributed by atoms with E-state index in [9.17, 15) is 9.90 Å². The minimum Gasteiger partial charge on any atom is -0.476 e. The fourth-order valence-corrected chi connectivity index (χ4v) is 4.85. The second-order valence-electron chi connectivity index (χ2n) is 7.90. The number of aryl methyl sites for hydroxylation is 1. The van der Waals surface area contributed by atoms with E-state index in [0.29, 0.717) is 11.7 Å². The van der Waals surface area contributed by atoms with Crippen LogP contribution in [0.4, 0.5) is 0 Å². The minimum atomic E-state index is -0.874. The van der Waals surface area contributed by atoms with Gasteiger partial charge in [-0.1, -0.05) is 13.3 Å². The number of nitrogens with zero attached hydrogens (tertiary/aromatic N) is 4. The first-order valence-corrected chi connectivity index (χ1v) is 9.97. The Hall–Kier alpha value is -1.40. The molecule has 1 N–H and O–H groups in total. The predicted octanol–water partition coefficient (Wildman–Crippen LogP) is 2.02. The van der Waals surface area contributed by atoms with Gasteiger partial charge in [0, 0.05) is 43.0 Å². The third-order valence-electron chi connectivity index (χ3n) is 6.27. The van der Waals surface area contributed by atoms with Crippen molar-refractivity contribution in [1.29, 1.82) is 0 Å². The van der Waals surface area contributed by atoms with E-state index < -0.39 is 5.97 Å². The maximum absolute atomic E-state index is 11.6. The van der Waals surface area contributed by atoms with Crippen LogP contribution in [0.3, 0.4) is 0 Å². The summed E-state index contributed by atoms with van der Waals surface area (Å²) in [5, 5.41) is 13.9. The van der Waals surface area contributed by atoms with Gasteiger partial charge in [0.2, 0.25) is 0 Å². The summed E-state index contributed by atoms with van der Waals surface area (Å²) in [6.45, 7) is 7.78. The van der Waals surface area contributed by atoms with Crippen molar-refractivity contribution in [3.05, 3.63) is 17.0 Å². The van der Waals surface area contributed by atoms with Gasteiger partial charge in [0.25, 0.3) is 0 Å². The Labute approximate surface area is 149 Å². The topological polar surface area (TPSA) is 61.6 Å². The van der Waals surface area contributed by atoms with Gasteiger partial charge >= 0.3 is 5.97 Å². The number of hydrogen-bond acceptors (Lipinski definition) is 4. The zero-order valence-electron chi connectivity index (χ0n) is 15.3. The molecule has 3 aliphatic rings. The van der Waals surface area contributed by atoms with Crippen LogP contribution in [0.2, 0.25) is 0 Å². The van der Waals surface area contributed by atoms with Crippen molar-refractivity contribution in [2.75, 3.05) is 26.2 Å². The van der Waals surface area contributed by atoms with E-state index in [2.05, 4.69) is 21.8 Å². The monoisotopic (exact) mass is 346 g/mol. The molecule has 1 aromatic heterocycles. The van der Waals surface area contributed by atoms with E-state index >= 15 is 0 Å². The maximum Gasteiger partial charge on any atom is 0.356 e. The summed E-state index contributed by atoms with van der Waals surface area (Å²) in [5.74, 6) is -0.874. The molecule has 6 heteroatoms. The van der Waals surface area contributed by atoms with E-state index in [1.54, 1.807) is 0 Å². The van der Waals surface area contributed by atoms with Crippen LogP contribution in [0.5, 0.6) is 0 Å². The molecule has 0 radical (unpaired) electrons. The largest absolute Gasteiger partial charge is 0.476 e. The Morgan fingerprint density at radius 2 is 1.92 bits per heavy atom. The molecule has 4 rings (SSSR count). The Bertz CT molecular complexity index is 630. The fraction of sp³-hybridized carbons (Fsp3) is 0.789. The van der Waals surface area contributed by atoms with Gasteiger partial charge in [0.15, 0.2) is 5.69 Å². The molecule has 0 amide bonds. The number of aromatic nitrogens is 2. The Kier molecular flexibility index (Phi) is 4.82. The first-order chi connectivity index (χ1) is 12.2. The quantitative estimate of drug-likeness (QED) is 0.884. The molecule has 2 saturated heterocycles. The zero-order valence-corrected chi connectivity index (χ0v) is 15.3. The molecule has 138 valence electrons. The first kappa shape index (κ1) is 17.0. The molecule has 1 atom stereocenters. The minimum absolute atomic E-state index is 0.293. The van der Waals surface area contributed by atoms with Crippen molar-refractivity contribution in [2.45, 2.75) is 70.5 Å². The number of aromatic carboxylic acids is 1. The second kappa shape index (κ2) is 7.08. The number of rotatable bonds is 5. The number of hydrogen-bond donors (Lipinski definition) is 1. The van der Waals surface area contributed by atoms with E-state index in [1.165, 1.54) is 38.0 Å². The van der Waals surface area contributed by atoms with Gasteiger partial charge in [0.1, 0.15) is 0 Å². The van der Waals surface area contributed by atoms with Crippen LogP contribution in [0.15, 0.2) is 0 Å². The van der Waals surface area contributed by atoms with Crippen LogP contribution in [0, 0.1) is 0 Å². The third kappa shape index (κ3) is 3.22. The number of fused-ring (bicyclic) bond motifs is 1. The molecule has 2 aliphatic heterocycles. The predicted molar refractivity (Wildman–Crippen MR) is 96.1 cm³/mol. The number of piperidine rings is 1. The van der Waals surface area contributed by atoms with E-state index in [4.69, 9.17) is 0 Å². The lowest BCUT2D eigenvalue weighted by Gasteiger charge is -2.50. The standard InChI is InChI=1S/C19H30N4O2/c1-2-8-23-17-7-6-14(11-16(17)18(20-23)19(24)25)22-12-15(13-22)21-9-4-3-5-10-21/h14-15H,2-13H2,1H3,(H,24,25)/t14-/m0/s1.